The molecular weight excluding hydrogens is 326 g/mol. The minimum absolute atomic E-state index is 0.118. The number of hydrogen-bond acceptors (Lipinski definition) is 6. The SMILES string of the molecule is CNC(=O)[C@]1(c2cnccn2)CCCN1C(=O)Cc1csc(C)n1. The number of amides is 2. The van der Waals surface area contributed by atoms with Crippen LogP contribution in [-0.4, -0.2) is 45.3 Å². The summed E-state index contributed by atoms with van der Waals surface area (Å²) in [5.74, 6) is -0.352. The molecule has 8 heteroatoms. The molecule has 0 radical (unpaired) electrons. The smallest absolute Gasteiger partial charge is 0.252 e. The summed E-state index contributed by atoms with van der Waals surface area (Å²) in [6.45, 7) is 2.43. The minimum atomic E-state index is -1.09. The summed E-state index contributed by atoms with van der Waals surface area (Å²) in [5.41, 5.74) is 0.148. The second-order valence-electron chi connectivity index (χ2n) is 5.71. The van der Waals surface area contributed by atoms with Crippen LogP contribution >= 0.6 is 11.3 Å². The predicted molar refractivity (Wildman–Crippen MR) is 89.3 cm³/mol. The molecule has 2 aromatic rings. The van der Waals surface area contributed by atoms with Crippen LogP contribution in [0.3, 0.4) is 0 Å². The molecule has 126 valence electrons. The average molecular weight is 345 g/mol. The minimum Gasteiger partial charge on any atom is -0.357 e. The van der Waals surface area contributed by atoms with E-state index in [0.29, 0.717) is 18.7 Å². The topological polar surface area (TPSA) is 88.1 Å². The Morgan fingerprint density at radius 2 is 2.25 bits per heavy atom. The monoisotopic (exact) mass is 345 g/mol. The lowest BCUT2D eigenvalue weighted by atomic mass is 9.90. The molecular formula is C16H19N5O2S. The molecule has 0 aromatic carbocycles. The van der Waals surface area contributed by atoms with Crippen molar-refractivity contribution in [3.05, 3.63) is 40.4 Å². The number of nitrogens with zero attached hydrogens (tertiary/aromatic N) is 4. The molecule has 0 unspecified atom stereocenters. The third-order valence-electron chi connectivity index (χ3n) is 4.27. The third kappa shape index (κ3) is 2.77. The molecule has 3 heterocycles. The van der Waals surface area contributed by atoms with Crippen molar-refractivity contribution in [1.29, 1.82) is 0 Å². The van der Waals surface area contributed by atoms with Gasteiger partial charge in [-0.05, 0) is 19.8 Å². The summed E-state index contributed by atoms with van der Waals surface area (Å²) in [5, 5.41) is 5.49. The second kappa shape index (κ2) is 6.64. The lowest BCUT2D eigenvalue weighted by Gasteiger charge is -2.36. The molecule has 3 rings (SSSR count). The summed E-state index contributed by atoms with van der Waals surface area (Å²) in [6, 6.07) is 0. The molecule has 1 fully saturated rings. The second-order valence-corrected chi connectivity index (χ2v) is 6.78. The van der Waals surface area contributed by atoms with Crippen LogP contribution in [0.25, 0.3) is 0 Å². The lowest BCUT2D eigenvalue weighted by Crippen LogP contribution is -2.55. The highest BCUT2D eigenvalue weighted by molar-refractivity contribution is 7.09. The van der Waals surface area contributed by atoms with Gasteiger partial charge < -0.3 is 10.2 Å². The van der Waals surface area contributed by atoms with Gasteiger partial charge in [0.1, 0.15) is 0 Å². The van der Waals surface area contributed by atoms with Gasteiger partial charge in [-0.15, -0.1) is 11.3 Å². The molecule has 1 saturated heterocycles. The molecule has 1 atom stereocenters. The van der Waals surface area contributed by atoms with Crippen LogP contribution in [-0.2, 0) is 21.5 Å². The lowest BCUT2D eigenvalue weighted by molar-refractivity contribution is -0.145. The molecule has 24 heavy (non-hydrogen) atoms. The van der Waals surface area contributed by atoms with E-state index < -0.39 is 5.54 Å². The summed E-state index contributed by atoms with van der Waals surface area (Å²) in [6.07, 6.45) is 6.13. The van der Waals surface area contributed by atoms with E-state index in [9.17, 15) is 9.59 Å². The Kier molecular flexibility index (Phi) is 4.57. The maximum atomic E-state index is 12.9. The van der Waals surface area contributed by atoms with Crippen molar-refractivity contribution < 1.29 is 9.59 Å². The zero-order valence-corrected chi connectivity index (χ0v) is 14.5. The summed E-state index contributed by atoms with van der Waals surface area (Å²) in [7, 11) is 1.57. The highest BCUT2D eigenvalue weighted by Gasteiger charge is 2.51. The first-order valence-electron chi connectivity index (χ1n) is 7.78. The standard InChI is InChI=1S/C16H19N5O2S/c1-11-20-12(10-24-11)8-14(22)21-7-3-4-16(21,15(23)17-2)13-9-18-5-6-19-13/h5-6,9-10H,3-4,7-8H2,1-2H3,(H,17,23)/t16-/m1/s1. The van der Waals surface area contributed by atoms with Crippen molar-refractivity contribution in [3.8, 4) is 0 Å². The number of likely N-dealkylation sites (N-methyl/N-ethyl adjacent to an activating group) is 1. The molecule has 1 aliphatic heterocycles. The van der Waals surface area contributed by atoms with Crippen molar-refractivity contribution in [2.75, 3.05) is 13.6 Å². The highest BCUT2D eigenvalue weighted by atomic mass is 32.1. The van der Waals surface area contributed by atoms with Gasteiger partial charge in [0.25, 0.3) is 5.91 Å². The first-order chi connectivity index (χ1) is 11.6. The van der Waals surface area contributed by atoms with Gasteiger partial charge in [0.05, 0.1) is 29.0 Å². The number of carbonyl (C=O) groups is 2. The van der Waals surface area contributed by atoms with Gasteiger partial charge >= 0.3 is 0 Å². The Labute approximate surface area is 144 Å². The molecule has 0 aliphatic carbocycles. The molecule has 2 aromatic heterocycles. The van der Waals surface area contributed by atoms with Crippen molar-refractivity contribution >= 4 is 23.2 Å². The molecule has 2 amide bonds. The average Bonchev–Trinajstić information content (AvgIpc) is 3.22. The maximum absolute atomic E-state index is 12.9. The fraction of sp³-hybridized carbons (Fsp3) is 0.438. The van der Waals surface area contributed by atoms with Crippen LogP contribution < -0.4 is 5.32 Å². The van der Waals surface area contributed by atoms with Gasteiger partial charge in [0.15, 0.2) is 5.54 Å². The van der Waals surface area contributed by atoms with Crippen LogP contribution in [0.1, 0.15) is 29.2 Å². The van der Waals surface area contributed by atoms with Gasteiger partial charge in [-0.3, -0.25) is 19.6 Å². The Morgan fingerprint density at radius 3 is 2.88 bits per heavy atom. The zero-order chi connectivity index (χ0) is 17.2. The Balaban J connectivity index is 1.95. The third-order valence-corrected chi connectivity index (χ3v) is 5.09. The largest absolute Gasteiger partial charge is 0.357 e. The quantitative estimate of drug-likeness (QED) is 0.895. The van der Waals surface area contributed by atoms with E-state index in [1.807, 2.05) is 12.3 Å². The van der Waals surface area contributed by atoms with E-state index in [-0.39, 0.29) is 18.2 Å². The van der Waals surface area contributed by atoms with Crippen molar-refractivity contribution in [1.82, 2.24) is 25.2 Å². The van der Waals surface area contributed by atoms with E-state index in [4.69, 9.17) is 0 Å². The number of hydrogen-bond donors (Lipinski definition) is 1. The number of aromatic nitrogens is 3. The van der Waals surface area contributed by atoms with Gasteiger partial charge in [-0.1, -0.05) is 0 Å². The van der Waals surface area contributed by atoms with E-state index in [1.165, 1.54) is 11.3 Å². The first-order valence-corrected chi connectivity index (χ1v) is 8.66. The Hall–Kier alpha value is -2.35. The van der Waals surface area contributed by atoms with Crippen LogP contribution in [0, 0.1) is 6.92 Å². The molecule has 0 bridgehead atoms. The predicted octanol–water partition coefficient (Wildman–Crippen LogP) is 1.05. The van der Waals surface area contributed by atoms with E-state index >= 15 is 0 Å². The highest BCUT2D eigenvalue weighted by Crippen LogP contribution is 2.38. The number of rotatable bonds is 4. The molecule has 0 spiro atoms. The van der Waals surface area contributed by atoms with E-state index in [0.717, 1.165) is 17.1 Å². The molecule has 1 N–H and O–H groups in total. The fourth-order valence-electron chi connectivity index (χ4n) is 3.23. The maximum Gasteiger partial charge on any atom is 0.252 e. The number of aryl methyl sites for hydroxylation is 1. The van der Waals surface area contributed by atoms with Crippen LogP contribution in [0.5, 0.6) is 0 Å². The van der Waals surface area contributed by atoms with Crippen molar-refractivity contribution in [2.45, 2.75) is 31.7 Å². The van der Waals surface area contributed by atoms with Gasteiger partial charge in [-0.25, -0.2) is 4.98 Å². The van der Waals surface area contributed by atoms with Crippen LogP contribution in [0.15, 0.2) is 24.0 Å². The molecule has 1 aliphatic rings. The molecule has 0 saturated carbocycles. The van der Waals surface area contributed by atoms with Gasteiger partial charge in [0.2, 0.25) is 5.91 Å². The summed E-state index contributed by atoms with van der Waals surface area (Å²) in [4.78, 5) is 40.0. The zero-order valence-electron chi connectivity index (χ0n) is 13.7. The number of likely N-dealkylation sites (tertiary alicyclic amines) is 1. The van der Waals surface area contributed by atoms with E-state index in [2.05, 4.69) is 20.3 Å². The van der Waals surface area contributed by atoms with Gasteiger partial charge in [-0.2, -0.15) is 0 Å². The Morgan fingerprint density at radius 1 is 1.42 bits per heavy atom. The normalized spacial score (nSPS) is 20.2. The number of nitrogens with one attached hydrogen (secondary N) is 1. The number of thiazole rings is 1. The molecule has 7 nitrogen and oxygen atoms in total. The van der Waals surface area contributed by atoms with Gasteiger partial charge in [0, 0.05) is 31.4 Å². The summed E-state index contributed by atoms with van der Waals surface area (Å²) < 4.78 is 0. The van der Waals surface area contributed by atoms with Crippen molar-refractivity contribution in [2.24, 2.45) is 0 Å². The first kappa shape index (κ1) is 16.5. The number of carbonyl (C=O) groups excluding carboxylic acids is 2. The summed E-state index contributed by atoms with van der Waals surface area (Å²) >= 11 is 1.51. The van der Waals surface area contributed by atoms with Crippen LogP contribution in [0.4, 0.5) is 0 Å². The van der Waals surface area contributed by atoms with Crippen LogP contribution in [0.2, 0.25) is 0 Å². The van der Waals surface area contributed by atoms with Crippen molar-refractivity contribution in [3.63, 3.8) is 0 Å². The Bertz CT molecular complexity index is 748. The van der Waals surface area contributed by atoms with E-state index in [1.54, 1.807) is 30.5 Å². The fourth-order valence-corrected chi connectivity index (χ4v) is 3.85.